The van der Waals surface area contributed by atoms with Crippen LogP contribution in [0.2, 0.25) is 0 Å². The number of hydrogen-bond donors (Lipinski definition) is 0. The summed E-state index contributed by atoms with van der Waals surface area (Å²) in [5, 5.41) is 0. The maximum Gasteiger partial charge on any atom is 0.0701 e. The van der Waals surface area contributed by atoms with Crippen LogP contribution in [0.25, 0.3) is 0 Å². The largest absolute Gasteiger partial charge is 0.379 e. The zero-order valence-corrected chi connectivity index (χ0v) is 32.2. The third-order valence-electron chi connectivity index (χ3n) is 7.88. The van der Waals surface area contributed by atoms with Crippen molar-refractivity contribution in [3.05, 3.63) is 0 Å². The van der Waals surface area contributed by atoms with Crippen LogP contribution in [0.1, 0.15) is 123 Å². The lowest BCUT2D eigenvalue weighted by atomic mass is 10.1. The molecule has 0 aliphatic heterocycles. The van der Waals surface area contributed by atoms with E-state index in [0.717, 1.165) is 26.1 Å². The van der Waals surface area contributed by atoms with Crippen molar-refractivity contribution in [2.45, 2.75) is 123 Å². The standard InChI is InChI=1S/C39H80O10/c1-3-5-7-9-11-12-13-14-15-17-19-21-41-23-25-43-27-29-45-31-33-47-35-37-49-39-38-48-36-34-46-32-30-44-28-26-42-24-22-40-20-18-16-10-8-6-4-2/h3-39H2,1-2H3. The van der Waals surface area contributed by atoms with Crippen molar-refractivity contribution >= 4 is 0 Å². The van der Waals surface area contributed by atoms with Crippen LogP contribution in [0.15, 0.2) is 0 Å². The van der Waals surface area contributed by atoms with E-state index in [9.17, 15) is 0 Å². The lowest BCUT2D eigenvalue weighted by molar-refractivity contribution is -0.0264. The first-order chi connectivity index (χ1) is 24.4. The Morgan fingerprint density at radius 1 is 0.163 bits per heavy atom. The van der Waals surface area contributed by atoms with E-state index in [2.05, 4.69) is 13.8 Å². The molecule has 10 nitrogen and oxygen atoms in total. The molecule has 296 valence electrons. The molecule has 0 rings (SSSR count). The van der Waals surface area contributed by atoms with Crippen LogP contribution in [0.4, 0.5) is 0 Å². The van der Waals surface area contributed by atoms with E-state index in [1.165, 1.54) is 96.3 Å². The Morgan fingerprint density at radius 3 is 0.490 bits per heavy atom. The zero-order valence-electron chi connectivity index (χ0n) is 32.2. The minimum absolute atomic E-state index is 0.535. The second-order valence-electron chi connectivity index (χ2n) is 12.4. The van der Waals surface area contributed by atoms with Crippen molar-refractivity contribution in [2.75, 3.05) is 132 Å². The van der Waals surface area contributed by atoms with Crippen molar-refractivity contribution in [2.24, 2.45) is 0 Å². The van der Waals surface area contributed by atoms with E-state index in [4.69, 9.17) is 47.4 Å². The molecule has 0 aliphatic carbocycles. The van der Waals surface area contributed by atoms with Gasteiger partial charge in [0, 0.05) is 13.2 Å². The van der Waals surface area contributed by atoms with E-state index < -0.39 is 0 Å². The van der Waals surface area contributed by atoms with Crippen molar-refractivity contribution < 1.29 is 47.4 Å². The summed E-state index contributed by atoms with van der Waals surface area (Å²) in [6.45, 7) is 16.4. The average Bonchev–Trinajstić information content (AvgIpc) is 3.11. The molecule has 10 heteroatoms. The highest BCUT2D eigenvalue weighted by atomic mass is 16.6. The second-order valence-corrected chi connectivity index (χ2v) is 12.4. The molecular formula is C39H80O10. The van der Waals surface area contributed by atoms with E-state index >= 15 is 0 Å². The van der Waals surface area contributed by atoms with Gasteiger partial charge in [0.15, 0.2) is 0 Å². The molecule has 0 bridgehead atoms. The van der Waals surface area contributed by atoms with Gasteiger partial charge in [0.1, 0.15) is 0 Å². The molecular weight excluding hydrogens is 628 g/mol. The summed E-state index contributed by atoms with van der Waals surface area (Å²) in [7, 11) is 0. The van der Waals surface area contributed by atoms with Gasteiger partial charge < -0.3 is 47.4 Å². The molecule has 0 aromatic heterocycles. The molecule has 0 saturated carbocycles. The number of unbranched alkanes of at least 4 members (excludes halogenated alkanes) is 15. The maximum absolute atomic E-state index is 5.66. The Balaban J connectivity index is 3.04. The minimum Gasteiger partial charge on any atom is -0.379 e. The fourth-order valence-corrected chi connectivity index (χ4v) is 4.93. The fraction of sp³-hybridized carbons (Fsp3) is 1.00. The van der Waals surface area contributed by atoms with Crippen LogP contribution in [0.3, 0.4) is 0 Å². The smallest absolute Gasteiger partial charge is 0.0701 e. The van der Waals surface area contributed by atoms with Gasteiger partial charge in [0.25, 0.3) is 0 Å². The predicted molar refractivity (Wildman–Crippen MR) is 198 cm³/mol. The summed E-state index contributed by atoms with van der Waals surface area (Å²) in [6.07, 6.45) is 22.6. The van der Waals surface area contributed by atoms with Crippen LogP contribution in [0.5, 0.6) is 0 Å². The molecule has 0 spiro atoms. The van der Waals surface area contributed by atoms with Gasteiger partial charge in [-0.25, -0.2) is 0 Å². The van der Waals surface area contributed by atoms with Crippen molar-refractivity contribution in [1.29, 1.82) is 0 Å². The quantitative estimate of drug-likeness (QED) is 0.0583. The second kappa shape index (κ2) is 47.6. The molecule has 0 N–H and O–H groups in total. The summed E-state index contributed by atoms with van der Waals surface area (Å²) in [5.74, 6) is 0. The topological polar surface area (TPSA) is 92.3 Å². The molecule has 0 radical (unpaired) electrons. The first kappa shape index (κ1) is 48.6. The van der Waals surface area contributed by atoms with Crippen molar-refractivity contribution in [3.63, 3.8) is 0 Å². The molecule has 0 amide bonds. The van der Waals surface area contributed by atoms with Gasteiger partial charge >= 0.3 is 0 Å². The van der Waals surface area contributed by atoms with Crippen LogP contribution in [0, 0.1) is 0 Å². The molecule has 0 fully saturated rings. The first-order valence-corrected chi connectivity index (χ1v) is 20.2. The van der Waals surface area contributed by atoms with Gasteiger partial charge in [0.05, 0.1) is 119 Å². The molecule has 49 heavy (non-hydrogen) atoms. The molecule has 0 aromatic rings. The maximum atomic E-state index is 5.66. The number of ether oxygens (including phenoxy) is 10. The lowest BCUT2D eigenvalue weighted by Crippen LogP contribution is -2.15. The van der Waals surface area contributed by atoms with Crippen LogP contribution in [-0.4, -0.2) is 132 Å². The normalized spacial score (nSPS) is 11.6. The molecule has 0 atom stereocenters. The Labute approximate surface area is 302 Å². The van der Waals surface area contributed by atoms with Gasteiger partial charge in [-0.3, -0.25) is 0 Å². The molecule has 0 heterocycles. The lowest BCUT2D eigenvalue weighted by Gasteiger charge is -2.09. The van der Waals surface area contributed by atoms with Crippen molar-refractivity contribution in [3.8, 4) is 0 Å². The predicted octanol–water partition coefficient (Wildman–Crippen LogP) is 7.82. The van der Waals surface area contributed by atoms with Gasteiger partial charge in [-0.05, 0) is 12.8 Å². The van der Waals surface area contributed by atoms with Gasteiger partial charge in [-0.1, -0.05) is 110 Å². The van der Waals surface area contributed by atoms with Crippen LogP contribution < -0.4 is 0 Å². The Morgan fingerprint density at radius 2 is 0.306 bits per heavy atom. The molecule has 0 aromatic carbocycles. The van der Waals surface area contributed by atoms with E-state index in [1.807, 2.05) is 0 Å². The first-order valence-electron chi connectivity index (χ1n) is 20.2. The molecule has 0 aliphatic rings. The Bertz CT molecular complexity index is 512. The van der Waals surface area contributed by atoms with Gasteiger partial charge in [-0.2, -0.15) is 0 Å². The van der Waals surface area contributed by atoms with Crippen LogP contribution >= 0.6 is 0 Å². The van der Waals surface area contributed by atoms with E-state index in [1.54, 1.807) is 0 Å². The summed E-state index contributed by atoms with van der Waals surface area (Å²) in [4.78, 5) is 0. The highest BCUT2D eigenvalue weighted by Crippen LogP contribution is 2.11. The monoisotopic (exact) mass is 709 g/mol. The highest BCUT2D eigenvalue weighted by molar-refractivity contribution is 4.48. The minimum atomic E-state index is 0.535. The number of rotatable bonds is 46. The number of hydrogen-bond acceptors (Lipinski definition) is 10. The summed E-state index contributed by atoms with van der Waals surface area (Å²) >= 11 is 0. The zero-order chi connectivity index (χ0) is 35.2. The third-order valence-corrected chi connectivity index (χ3v) is 7.88. The SMILES string of the molecule is CCCCCCCCCCCCCOCCOCCOCCOCCOCCOCCOCCOCCOCCOCCCCCCCC. The van der Waals surface area contributed by atoms with E-state index in [-0.39, 0.29) is 0 Å². The Hall–Kier alpha value is -0.400. The summed E-state index contributed by atoms with van der Waals surface area (Å²) in [5.41, 5.74) is 0. The molecule has 0 unspecified atom stereocenters. The third kappa shape index (κ3) is 47.6. The highest BCUT2D eigenvalue weighted by Gasteiger charge is 1.97. The van der Waals surface area contributed by atoms with E-state index in [0.29, 0.717) is 119 Å². The fourth-order valence-electron chi connectivity index (χ4n) is 4.93. The Kier molecular flexibility index (Phi) is 47.2. The molecule has 0 saturated heterocycles. The summed E-state index contributed by atoms with van der Waals surface area (Å²) in [6, 6.07) is 0. The van der Waals surface area contributed by atoms with Gasteiger partial charge in [0.2, 0.25) is 0 Å². The van der Waals surface area contributed by atoms with Gasteiger partial charge in [-0.15, -0.1) is 0 Å². The van der Waals surface area contributed by atoms with Crippen molar-refractivity contribution in [1.82, 2.24) is 0 Å². The average molecular weight is 709 g/mol. The summed E-state index contributed by atoms with van der Waals surface area (Å²) < 4.78 is 55.4. The van der Waals surface area contributed by atoms with Crippen LogP contribution in [-0.2, 0) is 47.4 Å².